The van der Waals surface area contributed by atoms with Gasteiger partial charge in [-0.05, 0) is 48.9 Å². The highest BCUT2D eigenvalue weighted by molar-refractivity contribution is 8.03. The molecule has 1 fully saturated rings. The fourth-order valence-corrected chi connectivity index (χ4v) is 4.15. The van der Waals surface area contributed by atoms with Crippen LogP contribution in [0.3, 0.4) is 0 Å². The molecule has 1 N–H and O–H groups in total. The van der Waals surface area contributed by atoms with Crippen molar-refractivity contribution in [3.05, 3.63) is 23.4 Å². The average molecular weight is 325 g/mol. The molecule has 0 spiro atoms. The van der Waals surface area contributed by atoms with Gasteiger partial charge in [0.1, 0.15) is 5.03 Å². The van der Waals surface area contributed by atoms with E-state index in [0.29, 0.717) is 0 Å². The quantitative estimate of drug-likeness (QED) is 0.822. The van der Waals surface area contributed by atoms with E-state index in [1.165, 1.54) is 24.0 Å². The fraction of sp³-hybridized carbons (Fsp3) is 0.462. The molecule has 0 atom stereocenters. The molecule has 7 heteroatoms. The number of hydrogen-bond donors (Lipinski definition) is 1. The van der Waals surface area contributed by atoms with E-state index >= 15 is 0 Å². The number of thioether (sulfide) groups is 1. The summed E-state index contributed by atoms with van der Waals surface area (Å²) in [7, 11) is 0. The molecule has 1 aliphatic rings. The summed E-state index contributed by atoms with van der Waals surface area (Å²) in [6.45, 7) is 3.02. The first kappa shape index (κ1) is 14.3. The Kier molecular flexibility index (Phi) is 4.60. The Morgan fingerprint density at radius 3 is 2.80 bits per heavy atom. The SMILES string of the molecule is CSc1nnc(Sc2ncc(CNC3CC3)cc2C)s1. The van der Waals surface area contributed by atoms with Crippen molar-refractivity contribution >= 4 is 34.9 Å². The molecule has 0 radical (unpaired) electrons. The highest BCUT2D eigenvalue weighted by atomic mass is 32.2. The predicted molar refractivity (Wildman–Crippen MR) is 84.6 cm³/mol. The van der Waals surface area contributed by atoms with Crippen molar-refractivity contribution in [1.29, 1.82) is 0 Å². The molecule has 0 aliphatic heterocycles. The van der Waals surface area contributed by atoms with Gasteiger partial charge in [0.25, 0.3) is 0 Å². The van der Waals surface area contributed by atoms with Crippen LogP contribution in [-0.4, -0.2) is 27.5 Å². The van der Waals surface area contributed by atoms with Crippen molar-refractivity contribution < 1.29 is 0 Å². The molecular formula is C13H16N4S3. The molecule has 1 aliphatic carbocycles. The molecule has 0 bridgehead atoms. The van der Waals surface area contributed by atoms with Gasteiger partial charge in [0.15, 0.2) is 8.68 Å². The Hall–Kier alpha value is -0.630. The van der Waals surface area contributed by atoms with Gasteiger partial charge in [-0.15, -0.1) is 10.2 Å². The second kappa shape index (κ2) is 6.43. The molecule has 0 amide bonds. The third-order valence-electron chi connectivity index (χ3n) is 3.01. The monoisotopic (exact) mass is 324 g/mol. The van der Waals surface area contributed by atoms with Crippen LogP contribution in [0.2, 0.25) is 0 Å². The van der Waals surface area contributed by atoms with Crippen molar-refractivity contribution in [1.82, 2.24) is 20.5 Å². The lowest BCUT2D eigenvalue weighted by Gasteiger charge is -2.06. The zero-order valence-electron chi connectivity index (χ0n) is 11.4. The van der Waals surface area contributed by atoms with Gasteiger partial charge in [-0.25, -0.2) is 4.98 Å². The highest BCUT2D eigenvalue weighted by Crippen LogP contribution is 2.33. The molecule has 106 valence electrons. The Bertz CT molecular complexity index is 595. The van der Waals surface area contributed by atoms with Crippen LogP contribution in [0.5, 0.6) is 0 Å². The van der Waals surface area contributed by atoms with Crippen molar-refractivity contribution in [2.24, 2.45) is 0 Å². The Labute approximate surface area is 131 Å². The van der Waals surface area contributed by atoms with Crippen LogP contribution < -0.4 is 5.32 Å². The van der Waals surface area contributed by atoms with E-state index in [9.17, 15) is 0 Å². The summed E-state index contributed by atoms with van der Waals surface area (Å²) in [5.74, 6) is 0. The maximum atomic E-state index is 4.56. The van der Waals surface area contributed by atoms with Gasteiger partial charge in [-0.3, -0.25) is 0 Å². The summed E-state index contributed by atoms with van der Waals surface area (Å²) in [5, 5.41) is 12.8. The lowest BCUT2D eigenvalue weighted by Crippen LogP contribution is -2.15. The van der Waals surface area contributed by atoms with Crippen LogP contribution in [0.4, 0.5) is 0 Å². The molecule has 3 rings (SSSR count). The standard InChI is InChI=1S/C13H16N4S3/c1-8-5-9(6-14-10-3-4-10)7-15-11(8)19-13-17-16-12(18-2)20-13/h5,7,10,14H,3-4,6H2,1-2H3. The minimum atomic E-state index is 0.732. The molecule has 0 aromatic carbocycles. The molecule has 0 unspecified atom stereocenters. The van der Waals surface area contributed by atoms with Crippen molar-refractivity contribution in [2.75, 3.05) is 6.26 Å². The second-order valence-corrected chi connectivity index (χ2v) is 8.03. The van der Waals surface area contributed by atoms with E-state index in [0.717, 1.165) is 26.3 Å². The summed E-state index contributed by atoms with van der Waals surface area (Å²) in [5.41, 5.74) is 2.45. The first-order chi connectivity index (χ1) is 9.74. The van der Waals surface area contributed by atoms with E-state index < -0.39 is 0 Å². The van der Waals surface area contributed by atoms with Crippen LogP contribution in [0.25, 0.3) is 0 Å². The number of aromatic nitrogens is 3. The molecule has 2 aromatic heterocycles. The summed E-state index contributed by atoms with van der Waals surface area (Å²) < 4.78 is 1.95. The van der Waals surface area contributed by atoms with Crippen LogP contribution in [0.15, 0.2) is 26.0 Å². The van der Waals surface area contributed by atoms with Gasteiger partial charge < -0.3 is 5.32 Å². The third kappa shape index (κ3) is 3.72. The van der Waals surface area contributed by atoms with E-state index in [1.807, 2.05) is 12.5 Å². The lowest BCUT2D eigenvalue weighted by atomic mass is 10.2. The van der Waals surface area contributed by atoms with Gasteiger partial charge in [-0.1, -0.05) is 29.2 Å². The van der Waals surface area contributed by atoms with E-state index in [2.05, 4.69) is 33.5 Å². The molecule has 4 nitrogen and oxygen atoms in total. The molecule has 20 heavy (non-hydrogen) atoms. The number of aryl methyl sites for hydroxylation is 1. The Morgan fingerprint density at radius 2 is 2.15 bits per heavy atom. The predicted octanol–water partition coefficient (Wildman–Crippen LogP) is 3.37. The summed E-state index contributed by atoms with van der Waals surface area (Å²) in [6.07, 6.45) is 6.60. The zero-order chi connectivity index (χ0) is 13.9. The number of pyridine rings is 1. The molecule has 1 saturated carbocycles. The smallest absolute Gasteiger partial charge is 0.181 e. The Balaban J connectivity index is 1.66. The number of rotatable bonds is 6. The third-order valence-corrected chi connectivity index (χ3v) is 6.08. The maximum absolute atomic E-state index is 4.56. The molecule has 2 heterocycles. The van der Waals surface area contributed by atoms with Gasteiger partial charge >= 0.3 is 0 Å². The molecule has 2 aromatic rings. The van der Waals surface area contributed by atoms with Crippen molar-refractivity contribution in [2.45, 2.75) is 46.1 Å². The Morgan fingerprint density at radius 1 is 1.35 bits per heavy atom. The van der Waals surface area contributed by atoms with E-state index in [1.54, 1.807) is 34.9 Å². The number of nitrogens with zero attached hydrogens (tertiary/aromatic N) is 3. The molecular weight excluding hydrogens is 308 g/mol. The highest BCUT2D eigenvalue weighted by Gasteiger charge is 2.20. The van der Waals surface area contributed by atoms with Crippen LogP contribution in [-0.2, 0) is 6.54 Å². The minimum Gasteiger partial charge on any atom is -0.310 e. The van der Waals surface area contributed by atoms with Crippen molar-refractivity contribution in [3.63, 3.8) is 0 Å². The van der Waals surface area contributed by atoms with Gasteiger partial charge in [0.05, 0.1) is 0 Å². The van der Waals surface area contributed by atoms with E-state index in [-0.39, 0.29) is 0 Å². The average Bonchev–Trinajstić information content (AvgIpc) is 3.17. The van der Waals surface area contributed by atoms with Gasteiger partial charge in [0, 0.05) is 18.8 Å². The largest absolute Gasteiger partial charge is 0.310 e. The second-order valence-electron chi connectivity index (χ2n) is 4.76. The normalized spacial score (nSPS) is 14.7. The number of nitrogens with one attached hydrogen (secondary N) is 1. The zero-order valence-corrected chi connectivity index (χ0v) is 13.9. The van der Waals surface area contributed by atoms with Gasteiger partial charge in [0.2, 0.25) is 0 Å². The van der Waals surface area contributed by atoms with Crippen molar-refractivity contribution in [3.8, 4) is 0 Å². The number of hydrogen-bond acceptors (Lipinski definition) is 7. The first-order valence-electron chi connectivity index (χ1n) is 6.49. The van der Waals surface area contributed by atoms with Crippen LogP contribution in [0.1, 0.15) is 24.0 Å². The maximum Gasteiger partial charge on any atom is 0.181 e. The van der Waals surface area contributed by atoms with Crippen LogP contribution in [0, 0.1) is 6.92 Å². The molecule has 0 saturated heterocycles. The van der Waals surface area contributed by atoms with Gasteiger partial charge in [-0.2, -0.15) is 0 Å². The van der Waals surface area contributed by atoms with E-state index in [4.69, 9.17) is 0 Å². The van der Waals surface area contributed by atoms with Crippen LogP contribution >= 0.6 is 34.9 Å². The summed E-state index contributed by atoms with van der Waals surface area (Å²) in [4.78, 5) is 4.56. The summed E-state index contributed by atoms with van der Waals surface area (Å²) in [6, 6.07) is 2.94. The summed E-state index contributed by atoms with van der Waals surface area (Å²) >= 11 is 4.84. The first-order valence-corrected chi connectivity index (χ1v) is 9.34. The lowest BCUT2D eigenvalue weighted by molar-refractivity contribution is 0.684. The topological polar surface area (TPSA) is 50.7 Å². The fourth-order valence-electron chi connectivity index (χ4n) is 1.78. The minimum absolute atomic E-state index is 0.732.